The van der Waals surface area contributed by atoms with E-state index in [4.69, 9.17) is 0 Å². The predicted octanol–water partition coefficient (Wildman–Crippen LogP) is 1.65. The summed E-state index contributed by atoms with van der Waals surface area (Å²) in [6, 6.07) is 12.5. The highest BCUT2D eigenvalue weighted by Gasteiger charge is 2.25. The molecule has 11 heteroatoms. The van der Waals surface area contributed by atoms with Gasteiger partial charge in [0, 0.05) is 12.6 Å². The van der Waals surface area contributed by atoms with Crippen molar-refractivity contribution in [1.82, 2.24) is 39.2 Å². The molecule has 0 radical (unpaired) electrons. The molecule has 0 saturated heterocycles. The number of nitrogens with one attached hydrogen (secondary N) is 1. The molecule has 1 N–H and O–H groups in total. The molecule has 1 aromatic carbocycles. The first-order valence-electron chi connectivity index (χ1n) is 9.12. The summed E-state index contributed by atoms with van der Waals surface area (Å²) >= 11 is 0. The molecular weight excluding hydrogens is 404 g/mol. The lowest BCUT2D eigenvalue weighted by atomic mass is 10.2. The van der Waals surface area contributed by atoms with E-state index in [1.165, 1.54) is 17.8 Å². The quantitative estimate of drug-likeness (QED) is 0.517. The maximum atomic E-state index is 12.7. The van der Waals surface area contributed by atoms with Crippen LogP contribution in [0.4, 0.5) is 0 Å². The van der Waals surface area contributed by atoms with Crippen molar-refractivity contribution in [2.24, 2.45) is 7.05 Å². The molecule has 10 nitrogen and oxygen atoms in total. The second-order valence-corrected chi connectivity index (χ2v) is 8.45. The number of nitrogens with zero attached hydrogens (tertiary/aromatic N) is 7. The molecule has 0 fully saturated rings. The van der Waals surface area contributed by atoms with Crippen LogP contribution in [0.1, 0.15) is 11.6 Å². The third-order valence-corrected chi connectivity index (χ3v) is 5.95. The molecule has 4 rings (SSSR count). The maximum absolute atomic E-state index is 12.7. The summed E-state index contributed by atoms with van der Waals surface area (Å²) in [5.41, 5.74) is 0.989. The van der Waals surface area contributed by atoms with Crippen molar-refractivity contribution in [2.75, 3.05) is 7.05 Å². The smallest absolute Gasteiger partial charge is 0.242 e. The molecule has 0 unspecified atom stereocenters. The van der Waals surface area contributed by atoms with Gasteiger partial charge in [0.25, 0.3) is 0 Å². The van der Waals surface area contributed by atoms with E-state index in [1.54, 1.807) is 31.6 Å². The number of benzene rings is 1. The molecule has 0 aliphatic carbocycles. The van der Waals surface area contributed by atoms with Crippen molar-refractivity contribution in [3.05, 3.63) is 54.1 Å². The van der Waals surface area contributed by atoms with Crippen LogP contribution in [0.15, 0.2) is 47.4 Å². The van der Waals surface area contributed by atoms with Crippen LogP contribution in [-0.2, 0) is 17.1 Å². The van der Waals surface area contributed by atoms with Crippen LogP contribution in [0.5, 0.6) is 0 Å². The average molecular weight is 424 g/mol. The molecular formula is C19H20N8O2S. The first-order chi connectivity index (χ1) is 14.3. The summed E-state index contributed by atoms with van der Waals surface area (Å²) in [5, 5.41) is 8.78. The fourth-order valence-electron chi connectivity index (χ4n) is 3.08. The largest absolute Gasteiger partial charge is 0.247 e. The summed E-state index contributed by atoms with van der Waals surface area (Å²) in [7, 11) is -0.742. The van der Waals surface area contributed by atoms with Gasteiger partial charge in [0.2, 0.25) is 10.0 Å². The van der Waals surface area contributed by atoms with Crippen LogP contribution < -0.4 is 4.72 Å². The summed E-state index contributed by atoms with van der Waals surface area (Å²) in [6.45, 7) is 3.58. The van der Waals surface area contributed by atoms with E-state index < -0.39 is 10.0 Å². The molecule has 30 heavy (non-hydrogen) atoms. The van der Waals surface area contributed by atoms with Crippen molar-refractivity contribution >= 4 is 10.0 Å². The Morgan fingerprint density at radius 3 is 2.30 bits per heavy atom. The van der Waals surface area contributed by atoms with Gasteiger partial charge >= 0.3 is 0 Å². The Kier molecular flexibility index (Phi) is 4.92. The van der Waals surface area contributed by atoms with Crippen molar-refractivity contribution < 1.29 is 8.42 Å². The number of hydrogen-bond acceptors (Lipinski definition) is 7. The third kappa shape index (κ3) is 3.48. The monoisotopic (exact) mass is 424 g/mol. The topological polar surface area (TPSA) is 120 Å². The fourth-order valence-corrected chi connectivity index (χ4v) is 3.94. The van der Waals surface area contributed by atoms with Crippen LogP contribution in [0.3, 0.4) is 0 Å². The minimum atomic E-state index is -3.79. The van der Waals surface area contributed by atoms with Gasteiger partial charge in [0.05, 0.1) is 0 Å². The summed E-state index contributed by atoms with van der Waals surface area (Å²) in [6.07, 6.45) is 0. The predicted molar refractivity (Wildman–Crippen MR) is 110 cm³/mol. The van der Waals surface area contributed by atoms with E-state index in [9.17, 15) is 8.42 Å². The molecule has 0 amide bonds. The van der Waals surface area contributed by atoms with Crippen molar-refractivity contribution in [3.8, 4) is 28.7 Å². The van der Waals surface area contributed by atoms with Gasteiger partial charge in [-0.15, -0.1) is 5.10 Å². The van der Waals surface area contributed by atoms with Gasteiger partial charge in [0.15, 0.2) is 17.5 Å². The maximum Gasteiger partial charge on any atom is 0.242 e. The number of sulfonamides is 1. The van der Waals surface area contributed by atoms with Crippen LogP contribution in [0, 0.1) is 13.8 Å². The van der Waals surface area contributed by atoms with Gasteiger partial charge in [-0.2, -0.15) is 9.78 Å². The zero-order chi connectivity index (χ0) is 21.5. The third-order valence-electron chi connectivity index (χ3n) is 4.50. The summed E-state index contributed by atoms with van der Waals surface area (Å²) in [4.78, 5) is 13.4. The summed E-state index contributed by atoms with van der Waals surface area (Å²) in [5.74, 6) is 2.45. The van der Waals surface area contributed by atoms with Crippen LogP contribution in [0.25, 0.3) is 28.7 Å². The molecule has 0 aliphatic heterocycles. The molecule has 0 atom stereocenters. The van der Waals surface area contributed by atoms with E-state index in [0.29, 0.717) is 29.1 Å². The van der Waals surface area contributed by atoms with Crippen LogP contribution >= 0.6 is 0 Å². The molecule has 0 bridgehead atoms. The van der Waals surface area contributed by atoms with E-state index >= 15 is 0 Å². The first-order valence-corrected chi connectivity index (χ1v) is 10.6. The number of aryl methyl sites for hydroxylation is 3. The van der Waals surface area contributed by atoms with Crippen LogP contribution in [0.2, 0.25) is 0 Å². The van der Waals surface area contributed by atoms with Gasteiger partial charge in [-0.05, 0) is 33.0 Å². The Labute approximate surface area is 173 Å². The Bertz CT molecular complexity index is 1330. The average Bonchev–Trinajstić information content (AvgIpc) is 3.29. The molecule has 3 heterocycles. The standard InChI is InChI=1S/C19H20N8O2S/c1-12-21-13(2)27(24-12)16-11-10-15(30(28,29)20-3)17(22-16)19-23-18(25-26(19)4)14-8-6-5-7-9-14/h5-11,20H,1-4H3. The highest BCUT2D eigenvalue weighted by atomic mass is 32.2. The zero-order valence-corrected chi connectivity index (χ0v) is 17.7. The minimum absolute atomic E-state index is 0.00153. The van der Waals surface area contributed by atoms with Gasteiger partial charge in [-0.25, -0.2) is 32.8 Å². The van der Waals surface area contributed by atoms with Gasteiger partial charge in [0.1, 0.15) is 22.2 Å². The van der Waals surface area contributed by atoms with Gasteiger partial charge in [-0.3, -0.25) is 0 Å². The minimum Gasteiger partial charge on any atom is -0.247 e. The molecule has 3 aromatic heterocycles. The lowest BCUT2D eigenvalue weighted by Gasteiger charge is -2.11. The van der Waals surface area contributed by atoms with E-state index in [0.717, 1.165) is 5.56 Å². The fraction of sp³-hybridized carbons (Fsp3) is 0.211. The van der Waals surface area contributed by atoms with Crippen LogP contribution in [-0.4, -0.2) is 50.0 Å². The number of hydrogen-bond donors (Lipinski definition) is 1. The molecule has 0 spiro atoms. The van der Waals surface area contributed by atoms with Crippen molar-refractivity contribution in [1.29, 1.82) is 0 Å². The molecule has 154 valence electrons. The van der Waals surface area contributed by atoms with Gasteiger partial charge < -0.3 is 0 Å². The number of rotatable bonds is 5. The Morgan fingerprint density at radius 1 is 0.933 bits per heavy atom. The normalized spacial score (nSPS) is 11.7. The van der Waals surface area contributed by atoms with E-state index in [1.807, 2.05) is 30.3 Å². The first kappa shape index (κ1) is 19.9. The highest BCUT2D eigenvalue weighted by molar-refractivity contribution is 7.89. The summed E-state index contributed by atoms with van der Waals surface area (Å²) < 4.78 is 30.7. The zero-order valence-electron chi connectivity index (χ0n) is 16.9. The van der Waals surface area contributed by atoms with Crippen molar-refractivity contribution in [3.63, 3.8) is 0 Å². The number of pyridine rings is 1. The van der Waals surface area contributed by atoms with E-state index in [-0.39, 0.29) is 10.6 Å². The van der Waals surface area contributed by atoms with E-state index in [2.05, 4.69) is 29.9 Å². The van der Waals surface area contributed by atoms with Gasteiger partial charge in [-0.1, -0.05) is 30.3 Å². The SMILES string of the molecule is CNS(=O)(=O)c1ccc(-n2nc(C)nc2C)nc1-c1nc(-c2ccccc2)nn1C. The lowest BCUT2D eigenvalue weighted by Crippen LogP contribution is -2.21. The molecule has 0 saturated carbocycles. The Balaban J connectivity index is 1.94. The second kappa shape index (κ2) is 7.43. The number of aromatic nitrogens is 7. The Morgan fingerprint density at radius 2 is 1.67 bits per heavy atom. The highest BCUT2D eigenvalue weighted by Crippen LogP contribution is 2.27. The molecule has 4 aromatic rings. The second-order valence-electron chi connectivity index (χ2n) is 6.59. The molecule has 0 aliphatic rings. The lowest BCUT2D eigenvalue weighted by molar-refractivity contribution is 0.588. The van der Waals surface area contributed by atoms with Crippen molar-refractivity contribution in [2.45, 2.75) is 18.7 Å². The Hall–Kier alpha value is -3.44.